The van der Waals surface area contributed by atoms with E-state index < -0.39 is 0 Å². The third kappa shape index (κ3) is 5.69. The summed E-state index contributed by atoms with van der Waals surface area (Å²) >= 11 is 1.73. The van der Waals surface area contributed by atoms with E-state index in [2.05, 4.69) is 37.1 Å². The summed E-state index contributed by atoms with van der Waals surface area (Å²) in [4.78, 5) is 34.0. The first-order chi connectivity index (χ1) is 18.2. The molecule has 5 nitrogen and oxygen atoms in total. The standard InChI is InChI=1S/C31H36FN3O2S/c1-31(2,3)24-10-8-22(9-11-24)30(37)34-15-5-14-33(17-18-34)28(36)21-35-16-12-27-26(13-19-38-27)29(35)23-6-4-7-25(32)20-23/h4,6-11,13,19-20,29H,5,12,14-18,21H2,1-3H3. The van der Waals surface area contributed by atoms with Gasteiger partial charge in [0.25, 0.3) is 5.91 Å². The second-order valence-electron chi connectivity index (χ2n) is 11.3. The van der Waals surface area contributed by atoms with Gasteiger partial charge in [-0.05, 0) is 70.7 Å². The number of nitrogens with zero attached hydrogens (tertiary/aromatic N) is 3. The number of carbonyl (C=O) groups is 2. The van der Waals surface area contributed by atoms with Crippen LogP contribution in [0.1, 0.15) is 65.2 Å². The first-order valence-corrected chi connectivity index (χ1v) is 14.3. The number of benzene rings is 2. The highest BCUT2D eigenvalue weighted by atomic mass is 32.1. The fourth-order valence-electron chi connectivity index (χ4n) is 5.54. The van der Waals surface area contributed by atoms with Crippen molar-refractivity contribution in [1.82, 2.24) is 14.7 Å². The lowest BCUT2D eigenvalue weighted by Gasteiger charge is -2.37. The van der Waals surface area contributed by atoms with Crippen LogP contribution in [-0.2, 0) is 16.6 Å². The molecule has 5 rings (SSSR count). The SMILES string of the molecule is CC(C)(C)c1ccc(C(=O)N2CCCN(C(=O)CN3CCc4sccc4C3c3cccc(F)c3)CC2)cc1. The minimum absolute atomic E-state index is 0.0203. The maximum Gasteiger partial charge on any atom is 0.253 e. The van der Waals surface area contributed by atoms with Crippen LogP contribution in [-0.4, -0.2) is 65.8 Å². The summed E-state index contributed by atoms with van der Waals surface area (Å²) in [6.07, 6.45) is 1.64. The average Bonchev–Trinajstić information content (AvgIpc) is 3.23. The number of halogens is 1. The molecule has 1 atom stereocenters. The Labute approximate surface area is 228 Å². The summed E-state index contributed by atoms with van der Waals surface area (Å²) < 4.78 is 14.1. The molecule has 2 aliphatic rings. The Bertz CT molecular complexity index is 1300. The highest BCUT2D eigenvalue weighted by Crippen LogP contribution is 2.37. The van der Waals surface area contributed by atoms with Crippen LogP contribution >= 0.6 is 11.3 Å². The van der Waals surface area contributed by atoms with Crippen LogP contribution in [0.5, 0.6) is 0 Å². The third-order valence-corrected chi connectivity index (χ3v) is 8.70. The van der Waals surface area contributed by atoms with Crippen molar-refractivity contribution in [2.45, 2.75) is 45.1 Å². The van der Waals surface area contributed by atoms with E-state index in [1.165, 1.54) is 22.1 Å². The highest BCUT2D eigenvalue weighted by molar-refractivity contribution is 7.10. The number of amides is 2. The van der Waals surface area contributed by atoms with E-state index in [0.29, 0.717) is 31.7 Å². The van der Waals surface area contributed by atoms with E-state index in [1.807, 2.05) is 40.1 Å². The predicted molar refractivity (Wildman–Crippen MR) is 150 cm³/mol. The maximum atomic E-state index is 14.1. The molecule has 200 valence electrons. The van der Waals surface area contributed by atoms with Gasteiger partial charge >= 0.3 is 0 Å². The second-order valence-corrected chi connectivity index (χ2v) is 12.3. The smallest absolute Gasteiger partial charge is 0.253 e. The van der Waals surface area contributed by atoms with Crippen LogP contribution in [0.2, 0.25) is 0 Å². The van der Waals surface area contributed by atoms with Crippen LogP contribution in [0.25, 0.3) is 0 Å². The molecular weight excluding hydrogens is 497 g/mol. The molecule has 0 bridgehead atoms. The number of rotatable bonds is 4. The molecule has 2 aliphatic heterocycles. The summed E-state index contributed by atoms with van der Waals surface area (Å²) in [5.74, 6) is -0.178. The van der Waals surface area contributed by atoms with E-state index in [0.717, 1.165) is 24.9 Å². The van der Waals surface area contributed by atoms with Gasteiger partial charge in [0.2, 0.25) is 5.91 Å². The molecule has 0 N–H and O–H groups in total. The third-order valence-electron chi connectivity index (χ3n) is 7.70. The van der Waals surface area contributed by atoms with E-state index in [4.69, 9.17) is 0 Å². The van der Waals surface area contributed by atoms with Gasteiger partial charge < -0.3 is 9.80 Å². The van der Waals surface area contributed by atoms with Crippen molar-refractivity contribution < 1.29 is 14.0 Å². The van der Waals surface area contributed by atoms with Gasteiger partial charge in [-0.1, -0.05) is 45.0 Å². The van der Waals surface area contributed by atoms with Crippen molar-refractivity contribution in [3.63, 3.8) is 0 Å². The molecule has 0 radical (unpaired) electrons. The summed E-state index contributed by atoms with van der Waals surface area (Å²) in [6, 6.07) is 16.6. The van der Waals surface area contributed by atoms with Gasteiger partial charge in [-0.15, -0.1) is 11.3 Å². The predicted octanol–water partition coefficient (Wildman–Crippen LogP) is 5.51. The fraction of sp³-hybridized carbons (Fsp3) is 0.419. The Morgan fingerprint density at radius 2 is 1.68 bits per heavy atom. The maximum absolute atomic E-state index is 14.1. The van der Waals surface area contributed by atoms with Gasteiger partial charge in [0.05, 0.1) is 12.6 Å². The fourth-order valence-corrected chi connectivity index (χ4v) is 6.45. The van der Waals surface area contributed by atoms with Crippen LogP contribution < -0.4 is 0 Å². The van der Waals surface area contributed by atoms with Crippen LogP contribution in [0, 0.1) is 5.82 Å². The molecular formula is C31H36FN3O2S. The Morgan fingerprint density at radius 3 is 2.42 bits per heavy atom. The monoisotopic (exact) mass is 533 g/mol. The molecule has 1 unspecified atom stereocenters. The van der Waals surface area contributed by atoms with E-state index in [9.17, 15) is 14.0 Å². The molecule has 1 saturated heterocycles. The van der Waals surface area contributed by atoms with Gasteiger partial charge in [-0.3, -0.25) is 14.5 Å². The van der Waals surface area contributed by atoms with Crippen molar-refractivity contribution >= 4 is 23.2 Å². The molecule has 2 aromatic carbocycles. The molecule has 3 aromatic rings. The van der Waals surface area contributed by atoms with Crippen molar-refractivity contribution in [2.24, 2.45) is 0 Å². The molecule has 0 spiro atoms. The van der Waals surface area contributed by atoms with Gasteiger partial charge in [0, 0.05) is 43.2 Å². The summed E-state index contributed by atoms with van der Waals surface area (Å²) in [5, 5.41) is 2.08. The normalized spacial score (nSPS) is 18.7. The van der Waals surface area contributed by atoms with Gasteiger partial charge in [0.1, 0.15) is 5.82 Å². The first kappa shape index (κ1) is 26.6. The van der Waals surface area contributed by atoms with Crippen LogP contribution in [0.15, 0.2) is 60.0 Å². The lowest BCUT2D eigenvalue weighted by atomic mass is 9.86. The molecule has 7 heteroatoms. The molecule has 0 saturated carbocycles. The topological polar surface area (TPSA) is 43.9 Å². The molecule has 1 fully saturated rings. The zero-order valence-corrected chi connectivity index (χ0v) is 23.3. The second kappa shape index (κ2) is 11.0. The number of hydrogen-bond donors (Lipinski definition) is 0. The number of hydrogen-bond acceptors (Lipinski definition) is 4. The zero-order chi connectivity index (χ0) is 26.9. The summed E-state index contributed by atoms with van der Waals surface area (Å²) in [7, 11) is 0. The van der Waals surface area contributed by atoms with E-state index >= 15 is 0 Å². The summed E-state index contributed by atoms with van der Waals surface area (Å²) in [5.41, 5.74) is 3.98. The van der Waals surface area contributed by atoms with Gasteiger partial charge in [-0.25, -0.2) is 4.39 Å². The highest BCUT2D eigenvalue weighted by Gasteiger charge is 2.32. The van der Waals surface area contributed by atoms with Crippen LogP contribution in [0.4, 0.5) is 4.39 Å². The quantitative estimate of drug-likeness (QED) is 0.445. The lowest BCUT2D eigenvalue weighted by Crippen LogP contribution is -2.45. The minimum Gasteiger partial charge on any atom is -0.340 e. The zero-order valence-electron chi connectivity index (χ0n) is 22.5. The Kier molecular flexibility index (Phi) is 7.68. The molecule has 1 aromatic heterocycles. The number of fused-ring (bicyclic) bond motifs is 1. The van der Waals surface area contributed by atoms with E-state index in [1.54, 1.807) is 23.5 Å². The van der Waals surface area contributed by atoms with Crippen LogP contribution in [0.3, 0.4) is 0 Å². The number of thiophene rings is 1. The van der Waals surface area contributed by atoms with Gasteiger partial charge in [0.15, 0.2) is 0 Å². The Morgan fingerprint density at radius 1 is 0.947 bits per heavy atom. The number of carbonyl (C=O) groups excluding carboxylic acids is 2. The lowest BCUT2D eigenvalue weighted by molar-refractivity contribution is -0.132. The molecule has 0 aliphatic carbocycles. The summed E-state index contributed by atoms with van der Waals surface area (Å²) in [6.45, 7) is 9.82. The Hall–Kier alpha value is -3.03. The molecule has 38 heavy (non-hydrogen) atoms. The molecule has 3 heterocycles. The van der Waals surface area contributed by atoms with Crippen molar-refractivity contribution in [2.75, 3.05) is 39.3 Å². The minimum atomic E-state index is -0.263. The van der Waals surface area contributed by atoms with Crippen molar-refractivity contribution in [3.05, 3.63) is 92.9 Å². The van der Waals surface area contributed by atoms with Crippen molar-refractivity contribution in [1.29, 1.82) is 0 Å². The largest absolute Gasteiger partial charge is 0.340 e. The van der Waals surface area contributed by atoms with Crippen molar-refractivity contribution in [3.8, 4) is 0 Å². The molecule has 2 amide bonds. The van der Waals surface area contributed by atoms with E-state index in [-0.39, 0.29) is 35.6 Å². The van der Waals surface area contributed by atoms with Gasteiger partial charge in [-0.2, -0.15) is 0 Å². The Balaban J connectivity index is 1.25. The first-order valence-electron chi connectivity index (χ1n) is 13.4. The average molecular weight is 534 g/mol.